The summed E-state index contributed by atoms with van der Waals surface area (Å²) < 4.78 is 79.1. The van der Waals surface area contributed by atoms with Crippen LogP contribution in [0.3, 0.4) is 0 Å². The van der Waals surface area contributed by atoms with Gasteiger partial charge in [0.15, 0.2) is 11.6 Å². The largest absolute Gasteiger partial charge is 0.419 e. The van der Waals surface area contributed by atoms with Crippen molar-refractivity contribution in [3.63, 3.8) is 0 Å². The molecule has 0 saturated carbocycles. The summed E-state index contributed by atoms with van der Waals surface area (Å²) in [4.78, 5) is 25.5. The van der Waals surface area contributed by atoms with Crippen molar-refractivity contribution < 1.29 is 31.1 Å². The molecule has 1 amide bonds. The maximum absolute atomic E-state index is 13.8. The second-order valence-corrected chi connectivity index (χ2v) is 6.53. The van der Waals surface area contributed by atoms with Gasteiger partial charge in [0.1, 0.15) is 5.82 Å². The lowest BCUT2D eigenvalue weighted by Gasteiger charge is -2.25. The van der Waals surface area contributed by atoms with Crippen LogP contribution >= 0.6 is 0 Å². The fourth-order valence-electron chi connectivity index (χ4n) is 2.94. The molecule has 1 aromatic heterocycles. The van der Waals surface area contributed by atoms with E-state index in [1.165, 1.54) is 14.0 Å². The summed E-state index contributed by atoms with van der Waals surface area (Å²) in [6.07, 6.45) is -4.91. The van der Waals surface area contributed by atoms with E-state index in [0.717, 1.165) is 17.0 Å². The van der Waals surface area contributed by atoms with Gasteiger partial charge in [0, 0.05) is 18.0 Å². The number of H-pyrrole nitrogens is 1. The molecule has 30 heavy (non-hydrogen) atoms. The lowest BCUT2D eigenvalue weighted by atomic mass is 10.0. The number of carbonyl (C=O) groups is 1. The van der Waals surface area contributed by atoms with Gasteiger partial charge in [-0.1, -0.05) is 0 Å². The SMILES string of the molecule is CC(c1n[nH]c(=O)c2cc(F)c(F)cc12)N(C)C(=O)c1ccc(C(F)(F)F)c(F)c1. The Morgan fingerprint density at radius 1 is 1.03 bits per heavy atom. The number of carbonyl (C=O) groups excluding carboxylic acids is 1. The lowest BCUT2D eigenvalue weighted by molar-refractivity contribution is -0.140. The molecule has 0 aliphatic heterocycles. The lowest BCUT2D eigenvalue weighted by Crippen LogP contribution is -2.31. The normalized spacial score (nSPS) is 12.8. The van der Waals surface area contributed by atoms with Crippen molar-refractivity contribution in [2.24, 2.45) is 0 Å². The first kappa shape index (κ1) is 21.3. The molecular formula is C19H13F6N3O2. The van der Waals surface area contributed by atoms with Gasteiger partial charge in [-0.05, 0) is 37.3 Å². The minimum atomic E-state index is -4.91. The molecule has 0 saturated heterocycles. The topological polar surface area (TPSA) is 66.1 Å². The van der Waals surface area contributed by atoms with Crippen LogP contribution in [0.25, 0.3) is 10.8 Å². The van der Waals surface area contributed by atoms with E-state index in [1.54, 1.807) is 0 Å². The molecule has 1 atom stereocenters. The Morgan fingerprint density at radius 3 is 2.20 bits per heavy atom. The van der Waals surface area contributed by atoms with Crippen LogP contribution in [0.1, 0.15) is 34.6 Å². The highest BCUT2D eigenvalue weighted by atomic mass is 19.4. The highest BCUT2D eigenvalue weighted by Crippen LogP contribution is 2.32. The molecule has 158 valence electrons. The van der Waals surface area contributed by atoms with Crippen molar-refractivity contribution in [2.45, 2.75) is 19.1 Å². The first-order valence-electron chi connectivity index (χ1n) is 8.43. The van der Waals surface area contributed by atoms with Gasteiger partial charge in [0.05, 0.1) is 22.7 Å². The summed E-state index contributed by atoms with van der Waals surface area (Å²) >= 11 is 0. The number of rotatable bonds is 3. The number of fused-ring (bicyclic) bond motifs is 1. The molecule has 5 nitrogen and oxygen atoms in total. The predicted molar refractivity (Wildman–Crippen MR) is 94.2 cm³/mol. The Morgan fingerprint density at radius 2 is 1.63 bits per heavy atom. The summed E-state index contributed by atoms with van der Waals surface area (Å²) in [6.45, 7) is 1.44. The predicted octanol–water partition coefficient (Wildman–Crippen LogP) is 4.19. The average molecular weight is 429 g/mol. The molecule has 1 heterocycles. The van der Waals surface area contributed by atoms with E-state index in [4.69, 9.17) is 0 Å². The molecule has 0 fully saturated rings. The van der Waals surface area contributed by atoms with E-state index in [2.05, 4.69) is 10.2 Å². The first-order valence-corrected chi connectivity index (χ1v) is 8.43. The quantitative estimate of drug-likeness (QED) is 0.635. The van der Waals surface area contributed by atoms with Crippen LogP contribution in [0.5, 0.6) is 0 Å². The number of halogens is 6. The zero-order valence-corrected chi connectivity index (χ0v) is 15.4. The van der Waals surface area contributed by atoms with Crippen molar-refractivity contribution in [3.05, 3.63) is 75.0 Å². The van der Waals surface area contributed by atoms with E-state index in [1.807, 2.05) is 0 Å². The van der Waals surface area contributed by atoms with Crippen LogP contribution in [0.4, 0.5) is 26.3 Å². The van der Waals surface area contributed by atoms with Crippen molar-refractivity contribution in [1.29, 1.82) is 0 Å². The molecule has 0 radical (unpaired) electrons. The van der Waals surface area contributed by atoms with Crippen LogP contribution in [0.15, 0.2) is 35.1 Å². The first-order chi connectivity index (χ1) is 13.9. The Kier molecular flexibility index (Phi) is 5.31. The zero-order chi connectivity index (χ0) is 22.4. The highest BCUT2D eigenvalue weighted by Gasteiger charge is 2.34. The molecule has 0 bridgehead atoms. The molecule has 1 N–H and O–H groups in total. The van der Waals surface area contributed by atoms with Crippen LogP contribution in [0, 0.1) is 17.5 Å². The smallest absolute Gasteiger partial charge is 0.333 e. The zero-order valence-electron chi connectivity index (χ0n) is 15.4. The molecular weight excluding hydrogens is 416 g/mol. The van der Waals surface area contributed by atoms with Gasteiger partial charge in [-0.15, -0.1) is 0 Å². The van der Waals surface area contributed by atoms with Crippen molar-refractivity contribution >= 4 is 16.7 Å². The highest BCUT2D eigenvalue weighted by molar-refractivity contribution is 5.95. The number of nitrogens with zero attached hydrogens (tertiary/aromatic N) is 2. The molecule has 0 aliphatic rings. The summed E-state index contributed by atoms with van der Waals surface area (Å²) in [5, 5.41) is 5.66. The van der Waals surface area contributed by atoms with Gasteiger partial charge >= 0.3 is 6.18 Å². The Balaban J connectivity index is 2.00. The number of amides is 1. The second-order valence-electron chi connectivity index (χ2n) is 6.53. The Hall–Kier alpha value is -3.37. The molecule has 11 heteroatoms. The third-order valence-electron chi connectivity index (χ3n) is 4.68. The molecule has 0 aliphatic carbocycles. The second kappa shape index (κ2) is 7.47. The number of alkyl halides is 3. The Labute approximate surface area is 164 Å². The number of hydrogen-bond acceptors (Lipinski definition) is 3. The maximum Gasteiger partial charge on any atom is 0.419 e. The molecule has 3 aromatic rings. The molecule has 0 spiro atoms. The van der Waals surface area contributed by atoms with E-state index in [0.29, 0.717) is 18.2 Å². The minimum Gasteiger partial charge on any atom is -0.333 e. The number of aromatic nitrogens is 2. The third kappa shape index (κ3) is 3.74. The number of hydrogen-bond donors (Lipinski definition) is 1. The molecule has 1 unspecified atom stereocenters. The van der Waals surface area contributed by atoms with Crippen LogP contribution in [-0.2, 0) is 6.18 Å². The van der Waals surface area contributed by atoms with E-state index >= 15 is 0 Å². The van der Waals surface area contributed by atoms with Crippen LogP contribution in [0.2, 0.25) is 0 Å². The van der Waals surface area contributed by atoms with Crippen LogP contribution in [-0.4, -0.2) is 28.1 Å². The number of benzene rings is 2. The van der Waals surface area contributed by atoms with E-state index in [-0.39, 0.29) is 22.0 Å². The standard InChI is InChI=1S/C19H13F6N3O2/c1-8(16-10-6-14(21)15(22)7-11(10)17(29)27-26-16)28(2)18(30)9-3-4-12(13(20)5-9)19(23,24)25/h3-8H,1-2H3,(H,27,29). The minimum absolute atomic E-state index is 0.00623. The molecule has 3 rings (SSSR count). The van der Waals surface area contributed by atoms with Gasteiger partial charge in [-0.2, -0.15) is 18.3 Å². The summed E-state index contributed by atoms with van der Waals surface area (Å²) in [6, 6.07) is 2.25. The molecule has 2 aromatic carbocycles. The van der Waals surface area contributed by atoms with Crippen molar-refractivity contribution in [2.75, 3.05) is 7.05 Å². The van der Waals surface area contributed by atoms with Crippen molar-refractivity contribution in [3.8, 4) is 0 Å². The van der Waals surface area contributed by atoms with Gasteiger partial charge in [-0.25, -0.2) is 18.3 Å². The fraction of sp³-hybridized carbons (Fsp3) is 0.211. The van der Waals surface area contributed by atoms with Gasteiger partial charge in [0.25, 0.3) is 11.5 Å². The Bertz CT molecular complexity index is 1210. The van der Waals surface area contributed by atoms with E-state index < -0.39 is 46.7 Å². The number of aromatic amines is 1. The van der Waals surface area contributed by atoms with E-state index in [9.17, 15) is 35.9 Å². The van der Waals surface area contributed by atoms with Gasteiger partial charge in [0.2, 0.25) is 0 Å². The summed E-state index contributed by atoms with van der Waals surface area (Å²) in [5.74, 6) is -4.94. The van der Waals surface area contributed by atoms with Crippen LogP contribution < -0.4 is 5.56 Å². The van der Waals surface area contributed by atoms with Crippen molar-refractivity contribution in [1.82, 2.24) is 15.1 Å². The maximum atomic E-state index is 13.8. The number of nitrogens with one attached hydrogen (secondary N) is 1. The fourth-order valence-corrected chi connectivity index (χ4v) is 2.94. The average Bonchev–Trinajstić information content (AvgIpc) is 2.67. The third-order valence-corrected chi connectivity index (χ3v) is 4.68. The van der Waals surface area contributed by atoms with Gasteiger partial charge < -0.3 is 4.90 Å². The van der Waals surface area contributed by atoms with Gasteiger partial charge in [-0.3, -0.25) is 9.59 Å². The monoisotopic (exact) mass is 429 g/mol. The summed E-state index contributed by atoms with van der Waals surface area (Å²) in [5.41, 5.74) is -2.65. The summed E-state index contributed by atoms with van der Waals surface area (Å²) in [7, 11) is 1.26.